The van der Waals surface area contributed by atoms with Gasteiger partial charge in [-0.05, 0) is 26.0 Å². The van der Waals surface area contributed by atoms with Crippen LogP contribution in [0.4, 0.5) is 0 Å². The molecule has 216 valence electrons. The highest BCUT2D eigenvalue weighted by Gasteiger charge is 2.53. The number of para-hydroxylation sites is 2. The van der Waals surface area contributed by atoms with Crippen LogP contribution in [0.5, 0.6) is 0 Å². The lowest BCUT2D eigenvalue weighted by molar-refractivity contribution is -0.152. The number of likely N-dealkylation sites (N-methyl/N-ethyl adjacent to an activating group) is 1. The third kappa shape index (κ3) is 3.93. The Bertz CT molecular complexity index is 1820. The first-order chi connectivity index (χ1) is 20.1. The van der Waals surface area contributed by atoms with E-state index in [2.05, 4.69) is 4.98 Å². The SMILES string of the molecule is CC(=O)N1C[C@H](N)[C@H]2OC(C)(C)O[C@@H]2[C@@H]1Cn1cc(C2=C(c3c[nH]c4ccccc34)C(=O)N(C)C2=O)c2ccccc21. The molecule has 0 aliphatic carbocycles. The molecule has 5 heterocycles. The maximum atomic E-state index is 13.7. The van der Waals surface area contributed by atoms with E-state index in [0.717, 1.165) is 21.8 Å². The minimum absolute atomic E-state index is 0.0959. The lowest BCUT2D eigenvalue weighted by Crippen LogP contribution is -2.64. The Balaban J connectivity index is 1.39. The number of nitrogens with one attached hydrogen (secondary N) is 1. The van der Waals surface area contributed by atoms with Gasteiger partial charge in [0.15, 0.2) is 5.79 Å². The molecule has 2 fully saturated rings. The molecule has 0 radical (unpaired) electrons. The van der Waals surface area contributed by atoms with Crippen molar-refractivity contribution in [3.8, 4) is 0 Å². The van der Waals surface area contributed by atoms with Crippen molar-refractivity contribution < 1.29 is 23.9 Å². The van der Waals surface area contributed by atoms with Gasteiger partial charge in [0.2, 0.25) is 5.91 Å². The number of benzene rings is 2. The van der Waals surface area contributed by atoms with Crippen LogP contribution in [0.2, 0.25) is 0 Å². The molecule has 2 saturated heterocycles. The molecule has 2 aromatic heterocycles. The summed E-state index contributed by atoms with van der Waals surface area (Å²) >= 11 is 0. The first kappa shape index (κ1) is 26.6. The Hall–Kier alpha value is -4.25. The molecular weight excluding hydrogens is 534 g/mol. The van der Waals surface area contributed by atoms with Gasteiger partial charge in [-0.2, -0.15) is 0 Å². The molecule has 7 rings (SSSR count). The predicted octanol–water partition coefficient (Wildman–Crippen LogP) is 3.11. The molecule has 3 aliphatic rings. The Labute approximate surface area is 242 Å². The highest BCUT2D eigenvalue weighted by molar-refractivity contribution is 6.50. The van der Waals surface area contributed by atoms with Crippen LogP contribution in [0.25, 0.3) is 33.0 Å². The summed E-state index contributed by atoms with van der Waals surface area (Å²) in [6, 6.07) is 14.8. The summed E-state index contributed by atoms with van der Waals surface area (Å²) < 4.78 is 14.5. The number of hydrogen-bond donors (Lipinski definition) is 2. The van der Waals surface area contributed by atoms with E-state index in [0.29, 0.717) is 35.4 Å². The van der Waals surface area contributed by atoms with Gasteiger partial charge in [0.25, 0.3) is 11.8 Å². The number of carbonyl (C=O) groups excluding carboxylic acids is 3. The molecule has 0 saturated carbocycles. The molecule has 10 nitrogen and oxygen atoms in total. The average Bonchev–Trinajstić information content (AvgIpc) is 3.69. The van der Waals surface area contributed by atoms with Gasteiger partial charge in [-0.25, -0.2) is 0 Å². The number of nitrogens with two attached hydrogens (primary N) is 1. The van der Waals surface area contributed by atoms with Crippen LogP contribution in [0.15, 0.2) is 60.9 Å². The molecule has 3 amide bonds. The smallest absolute Gasteiger partial charge is 0.261 e. The van der Waals surface area contributed by atoms with E-state index in [4.69, 9.17) is 15.2 Å². The molecule has 3 aliphatic heterocycles. The fourth-order valence-electron chi connectivity index (χ4n) is 6.87. The quantitative estimate of drug-likeness (QED) is 0.366. The standard InChI is InChI=1S/C32H33N5O5/c1-17(38)37-15-22(33)28-29(42-32(2,3)41-28)25(37)16-36-14-21(19-10-6-8-12-24(19)36)27-26(30(39)35(4)31(27)40)20-13-34-23-11-7-5-9-18(20)23/h5-14,22,25,28-29,34H,15-16,33H2,1-4H3/t22-,25-,28+,29+/m0/s1. The number of aromatic nitrogens is 2. The monoisotopic (exact) mass is 567 g/mol. The number of ether oxygens (including phenoxy) is 2. The van der Waals surface area contributed by atoms with Crippen molar-refractivity contribution in [1.29, 1.82) is 0 Å². The number of carbonyl (C=O) groups is 3. The highest BCUT2D eigenvalue weighted by Crippen LogP contribution is 2.42. The third-order valence-electron chi connectivity index (χ3n) is 8.76. The zero-order valence-electron chi connectivity index (χ0n) is 24.0. The summed E-state index contributed by atoms with van der Waals surface area (Å²) in [6.45, 7) is 5.99. The van der Waals surface area contributed by atoms with Crippen molar-refractivity contribution in [3.05, 3.63) is 72.1 Å². The second kappa shape index (κ2) is 9.38. The van der Waals surface area contributed by atoms with E-state index in [9.17, 15) is 14.4 Å². The van der Waals surface area contributed by atoms with Crippen molar-refractivity contribution in [2.75, 3.05) is 13.6 Å². The number of likely N-dealkylation sites (tertiary alicyclic amines) is 1. The van der Waals surface area contributed by atoms with Crippen LogP contribution in [-0.4, -0.2) is 80.7 Å². The van der Waals surface area contributed by atoms with Crippen LogP contribution in [0.3, 0.4) is 0 Å². The number of hydrogen-bond acceptors (Lipinski definition) is 6. The number of H-pyrrole nitrogens is 1. The van der Waals surface area contributed by atoms with E-state index < -0.39 is 11.9 Å². The molecule has 3 N–H and O–H groups in total. The van der Waals surface area contributed by atoms with Gasteiger partial charge in [-0.15, -0.1) is 0 Å². The number of nitrogens with zero attached hydrogens (tertiary/aromatic N) is 3. The van der Waals surface area contributed by atoms with Crippen LogP contribution in [0, 0.1) is 0 Å². The summed E-state index contributed by atoms with van der Waals surface area (Å²) in [5, 5.41) is 1.71. The molecule has 4 atom stereocenters. The Morgan fingerprint density at radius 2 is 1.62 bits per heavy atom. The van der Waals surface area contributed by atoms with Gasteiger partial charge in [0.1, 0.15) is 12.2 Å². The van der Waals surface area contributed by atoms with Crippen molar-refractivity contribution >= 4 is 50.7 Å². The maximum Gasteiger partial charge on any atom is 0.261 e. The normalized spacial score (nSPS) is 25.7. The molecule has 4 aromatic rings. The minimum Gasteiger partial charge on any atom is -0.361 e. The largest absolute Gasteiger partial charge is 0.361 e. The zero-order chi connectivity index (χ0) is 29.5. The molecular formula is C32H33N5O5. The Morgan fingerprint density at radius 3 is 2.36 bits per heavy atom. The Kier molecular flexibility index (Phi) is 5.95. The summed E-state index contributed by atoms with van der Waals surface area (Å²) in [5.74, 6) is -1.63. The summed E-state index contributed by atoms with van der Waals surface area (Å²) in [7, 11) is 1.51. The summed E-state index contributed by atoms with van der Waals surface area (Å²) in [4.78, 5) is 46.3. The predicted molar refractivity (Wildman–Crippen MR) is 158 cm³/mol. The second-order valence-electron chi connectivity index (χ2n) is 11.8. The number of rotatable bonds is 4. The summed E-state index contributed by atoms with van der Waals surface area (Å²) in [5.41, 5.74) is 10.3. The first-order valence-electron chi connectivity index (χ1n) is 14.2. The van der Waals surface area contributed by atoms with E-state index in [-0.39, 0.29) is 35.9 Å². The lowest BCUT2D eigenvalue weighted by atomic mass is 9.92. The number of fused-ring (bicyclic) bond motifs is 3. The van der Waals surface area contributed by atoms with E-state index in [1.165, 1.54) is 18.9 Å². The topological polar surface area (TPSA) is 123 Å². The average molecular weight is 568 g/mol. The van der Waals surface area contributed by atoms with Gasteiger partial charge in [-0.1, -0.05) is 36.4 Å². The molecule has 2 aromatic carbocycles. The van der Waals surface area contributed by atoms with Crippen LogP contribution in [-0.2, 0) is 30.4 Å². The van der Waals surface area contributed by atoms with Gasteiger partial charge < -0.3 is 29.7 Å². The lowest BCUT2D eigenvalue weighted by Gasteiger charge is -2.43. The van der Waals surface area contributed by atoms with Gasteiger partial charge in [0, 0.05) is 72.4 Å². The van der Waals surface area contributed by atoms with Crippen molar-refractivity contribution in [2.24, 2.45) is 5.73 Å². The Morgan fingerprint density at radius 1 is 0.976 bits per heavy atom. The van der Waals surface area contributed by atoms with E-state index in [1.54, 1.807) is 11.1 Å². The molecule has 10 heteroatoms. The first-order valence-corrected chi connectivity index (χ1v) is 14.2. The molecule has 0 spiro atoms. The van der Waals surface area contributed by atoms with E-state index >= 15 is 0 Å². The van der Waals surface area contributed by atoms with Crippen molar-refractivity contribution in [1.82, 2.24) is 19.4 Å². The van der Waals surface area contributed by atoms with Crippen molar-refractivity contribution in [2.45, 2.75) is 57.4 Å². The number of amides is 3. The summed E-state index contributed by atoms with van der Waals surface area (Å²) in [6.07, 6.45) is 2.92. The van der Waals surface area contributed by atoms with Gasteiger partial charge in [-0.3, -0.25) is 19.3 Å². The van der Waals surface area contributed by atoms with E-state index in [1.807, 2.05) is 73.1 Å². The van der Waals surface area contributed by atoms with Gasteiger partial charge >= 0.3 is 0 Å². The number of aromatic amines is 1. The maximum absolute atomic E-state index is 13.7. The van der Waals surface area contributed by atoms with Crippen LogP contribution in [0.1, 0.15) is 31.9 Å². The zero-order valence-corrected chi connectivity index (χ0v) is 24.0. The van der Waals surface area contributed by atoms with Crippen molar-refractivity contribution in [3.63, 3.8) is 0 Å². The number of piperidine rings is 1. The fraction of sp³-hybridized carbons (Fsp3) is 0.344. The third-order valence-corrected chi connectivity index (χ3v) is 8.76. The molecule has 0 unspecified atom stereocenters. The number of imide groups is 1. The molecule has 0 bridgehead atoms. The molecule has 42 heavy (non-hydrogen) atoms. The minimum atomic E-state index is -0.831. The van der Waals surface area contributed by atoms with Crippen LogP contribution >= 0.6 is 0 Å². The fourth-order valence-corrected chi connectivity index (χ4v) is 6.87. The highest BCUT2D eigenvalue weighted by atomic mass is 16.8. The second-order valence-corrected chi connectivity index (χ2v) is 11.8. The van der Waals surface area contributed by atoms with Crippen LogP contribution < -0.4 is 5.73 Å². The van der Waals surface area contributed by atoms with Gasteiger partial charge in [0.05, 0.1) is 23.2 Å².